The van der Waals surface area contributed by atoms with Gasteiger partial charge in [0.25, 0.3) is 5.91 Å². The summed E-state index contributed by atoms with van der Waals surface area (Å²) in [5.41, 5.74) is -0.0151. The fourth-order valence-electron chi connectivity index (χ4n) is 1.83. The number of H-pyrrole nitrogens is 1. The van der Waals surface area contributed by atoms with Crippen LogP contribution in [0.1, 0.15) is 25.5 Å². The average Bonchev–Trinajstić information content (AvgIpc) is 3.09. The molecule has 17 heavy (non-hydrogen) atoms. The molecule has 1 aromatic rings. The highest BCUT2D eigenvalue weighted by atomic mass is 32.1. The molecule has 1 aliphatic rings. The van der Waals surface area contributed by atoms with E-state index in [9.17, 15) is 9.59 Å². The minimum atomic E-state index is -0.740. The summed E-state index contributed by atoms with van der Waals surface area (Å²) >= 11 is 1.09. The Hall–Kier alpha value is -1.14. The molecule has 2 rings (SSSR count). The molecule has 0 aromatic carbocycles. The van der Waals surface area contributed by atoms with Crippen LogP contribution in [0.3, 0.4) is 0 Å². The normalized spacial score (nSPS) is 18.7. The maximum Gasteiger partial charge on any atom is 0.304 e. The van der Waals surface area contributed by atoms with Gasteiger partial charge < -0.3 is 15.0 Å². The summed E-state index contributed by atoms with van der Waals surface area (Å²) in [7, 11) is 1.56. The van der Waals surface area contributed by atoms with E-state index >= 15 is 0 Å². The van der Waals surface area contributed by atoms with E-state index in [0.717, 1.165) is 29.9 Å². The predicted octanol–water partition coefficient (Wildman–Crippen LogP) is 0.868. The summed E-state index contributed by atoms with van der Waals surface area (Å²) in [6, 6.07) is 0. The van der Waals surface area contributed by atoms with Gasteiger partial charge in [-0.25, -0.2) is 0 Å². The first kappa shape index (κ1) is 12.3. The Kier molecular flexibility index (Phi) is 3.35. The first-order valence-corrected chi connectivity index (χ1v) is 6.44. The van der Waals surface area contributed by atoms with Gasteiger partial charge >= 0.3 is 4.87 Å². The van der Waals surface area contributed by atoms with Crippen LogP contribution in [0.15, 0.2) is 10.2 Å². The van der Waals surface area contributed by atoms with Crippen molar-refractivity contribution < 1.29 is 9.53 Å². The lowest BCUT2D eigenvalue weighted by Gasteiger charge is -2.26. The van der Waals surface area contributed by atoms with Crippen LogP contribution in [0, 0.1) is 5.92 Å². The number of carbonyl (C=O) groups excluding carboxylic acids is 1. The van der Waals surface area contributed by atoms with Crippen molar-refractivity contribution in [2.45, 2.75) is 31.9 Å². The molecular weight excluding hydrogens is 240 g/mol. The Morgan fingerprint density at radius 3 is 2.88 bits per heavy atom. The molecule has 2 N–H and O–H groups in total. The third-order valence-electron chi connectivity index (χ3n) is 3.24. The topological polar surface area (TPSA) is 71.2 Å². The van der Waals surface area contributed by atoms with Gasteiger partial charge in [-0.05, 0) is 25.7 Å². The number of nitrogens with one attached hydrogen (secondary N) is 2. The van der Waals surface area contributed by atoms with Gasteiger partial charge in [0, 0.05) is 18.2 Å². The number of carbonyl (C=O) groups is 1. The van der Waals surface area contributed by atoms with Crippen LogP contribution in [-0.2, 0) is 16.1 Å². The third-order valence-corrected chi connectivity index (χ3v) is 3.96. The van der Waals surface area contributed by atoms with E-state index in [1.54, 1.807) is 12.5 Å². The largest absolute Gasteiger partial charge is 0.368 e. The van der Waals surface area contributed by atoms with Crippen molar-refractivity contribution in [1.82, 2.24) is 10.3 Å². The second-order valence-electron chi connectivity index (χ2n) is 4.44. The fraction of sp³-hybridized carbons (Fsp3) is 0.636. The maximum absolute atomic E-state index is 12.0. The zero-order valence-corrected chi connectivity index (χ0v) is 10.7. The van der Waals surface area contributed by atoms with Gasteiger partial charge in [-0.1, -0.05) is 11.3 Å². The number of methoxy groups -OCH3 is 1. The third kappa shape index (κ3) is 2.58. The van der Waals surface area contributed by atoms with Crippen molar-refractivity contribution in [1.29, 1.82) is 0 Å². The Labute approximate surface area is 103 Å². The molecule has 5 nitrogen and oxygen atoms in total. The van der Waals surface area contributed by atoms with Crippen LogP contribution in [0.2, 0.25) is 0 Å². The smallest absolute Gasteiger partial charge is 0.304 e. The maximum atomic E-state index is 12.0. The monoisotopic (exact) mass is 256 g/mol. The molecule has 1 unspecified atom stereocenters. The van der Waals surface area contributed by atoms with E-state index in [2.05, 4.69) is 10.3 Å². The van der Waals surface area contributed by atoms with E-state index in [1.165, 1.54) is 0 Å². The van der Waals surface area contributed by atoms with E-state index in [1.807, 2.05) is 6.92 Å². The van der Waals surface area contributed by atoms with Crippen molar-refractivity contribution in [3.8, 4) is 0 Å². The van der Waals surface area contributed by atoms with Crippen LogP contribution < -0.4 is 10.2 Å². The second kappa shape index (κ2) is 4.62. The highest BCUT2D eigenvalue weighted by Gasteiger charge is 2.47. The van der Waals surface area contributed by atoms with Gasteiger partial charge in [0.05, 0.1) is 6.54 Å². The molecule has 1 aliphatic carbocycles. The van der Waals surface area contributed by atoms with Crippen LogP contribution in [0.4, 0.5) is 0 Å². The van der Waals surface area contributed by atoms with Crippen LogP contribution in [-0.4, -0.2) is 23.6 Å². The summed E-state index contributed by atoms with van der Waals surface area (Å²) in [5, 5.41) is 4.51. The highest BCUT2D eigenvalue weighted by molar-refractivity contribution is 7.07. The minimum absolute atomic E-state index is 0.106. The summed E-state index contributed by atoms with van der Waals surface area (Å²) < 4.78 is 5.34. The standard InChI is InChI=1S/C11H16N2O3S/c1-11(16-2,7-3-4-7)9(14)12-5-8-6-17-10(15)13-8/h6-7H,3-5H2,1-2H3,(H,12,14)(H,13,15). The van der Waals surface area contributed by atoms with Crippen LogP contribution >= 0.6 is 11.3 Å². The number of aromatic amines is 1. The summed E-state index contributed by atoms with van der Waals surface area (Å²) in [6.45, 7) is 2.15. The number of amides is 1. The number of thiazole rings is 1. The number of hydrogen-bond acceptors (Lipinski definition) is 4. The molecule has 1 atom stereocenters. The summed E-state index contributed by atoms with van der Waals surface area (Å²) in [4.78, 5) is 25.5. The molecule has 1 saturated carbocycles. The Bertz CT molecular complexity index is 463. The average molecular weight is 256 g/mol. The van der Waals surface area contributed by atoms with Crippen molar-refractivity contribution in [2.75, 3.05) is 7.11 Å². The fourth-order valence-corrected chi connectivity index (χ4v) is 2.41. The molecule has 1 heterocycles. The molecule has 1 fully saturated rings. The van der Waals surface area contributed by atoms with Crippen LogP contribution in [0.25, 0.3) is 0 Å². The van der Waals surface area contributed by atoms with Gasteiger partial charge in [0.2, 0.25) is 0 Å². The lowest BCUT2D eigenvalue weighted by molar-refractivity contribution is -0.144. The van der Waals surface area contributed by atoms with E-state index in [4.69, 9.17) is 4.74 Å². The molecule has 0 radical (unpaired) electrons. The Balaban J connectivity index is 1.94. The molecule has 0 spiro atoms. The predicted molar refractivity (Wildman–Crippen MR) is 64.9 cm³/mol. The first-order valence-electron chi connectivity index (χ1n) is 5.56. The van der Waals surface area contributed by atoms with Gasteiger partial charge in [-0.3, -0.25) is 9.59 Å². The zero-order chi connectivity index (χ0) is 12.5. The zero-order valence-electron chi connectivity index (χ0n) is 9.91. The SMILES string of the molecule is COC(C)(C(=O)NCc1csc(=O)[nH]1)C1CC1. The van der Waals surface area contributed by atoms with Crippen molar-refractivity contribution in [3.63, 3.8) is 0 Å². The number of aromatic nitrogens is 1. The Morgan fingerprint density at radius 2 is 2.41 bits per heavy atom. The van der Waals surface area contributed by atoms with Gasteiger partial charge in [0.15, 0.2) is 0 Å². The van der Waals surface area contributed by atoms with E-state index < -0.39 is 5.60 Å². The molecule has 94 valence electrons. The summed E-state index contributed by atoms with van der Waals surface area (Å²) in [5.74, 6) is 0.198. The molecule has 1 aromatic heterocycles. The second-order valence-corrected chi connectivity index (χ2v) is 5.28. The lowest BCUT2D eigenvalue weighted by atomic mass is 9.99. The van der Waals surface area contributed by atoms with Crippen molar-refractivity contribution in [3.05, 3.63) is 20.7 Å². The van der Waals surface area contributed by atoms with Crippen molar-refractivity contribution >= 4 is 17.2 Å². The van der Waals surface area contributed by atoms with Crippen LogP contribution in [0.5, 0.6) is 0 Å². The molecule has 1 amide bonds. The van der Waals surface area contributed by atoms with Gasteiger partial charge in [-0.2, -0.15) is 0 Å². The van der Waals surface area contributed by atoms with Gasteiger partial charge in [0.1, 0.15) is 5.60 Å². The Morgan fingerprint density at radius 1 is 1.71 bits per heavy atom. The highest BCUT2D eigenvalue weighted by Crippen LogP contribution is 2.41. The molecular formula is C11H16N2O3S. The molecule has 0 aliphatic heterocycles. The number of rotatable bonds is 5. The molecule has 0 bridgehead atoms. The first-order chi connectivity index (χ1) is 8.06. The quantitative estimate of drug-likeness (QED) is 0.821. The van der Waals surface area contributed by atoms with E-state index in [0.29, 0.717) is 12.5 Å². The number of hydrogen-bond donors (Lipinski definition) is 2. The van der Waals surface area contributed by atoms with E-state index in [-0.39, 0.29) is 10.8 Å². The minimum Gasteiger partial charge on any atom is -0.368 e. The molecule has 6 heteroatoms. The molecule has 0 saturated heterocycles. The van der Waals surface area contributed by atoms with Gasteiger partial charge in [-0.15, -0.1) is 0 Å². The lowest BCUT2D eigenvalue weighted by Crippen LogP contribution is -2.47. The summed E-state index contributed by atoms with van der Waals surface area (Å²) in [6.07, 6.45) is 2.07. The number of ether oxygens (including phenoxy) is 1. The van der Waals surface area contributed by atoms with Crippen molar-refractivity contribution in [2.24, 2.45) is 5.92 Å².